The Bertz CT molecular complexity index is 400. The van der Waals surface area contributed by atoms with Crippen molar-refractivity contribution < 1.29 is 20.4 Å². The molecule has 0 atom stereocenters. The van der Waals surface area contributed by atoms with Gasteiger partial charge in [0.15, 0.2) is 11.5 Å². The summed E-state index contributed by atoms with van der Waals surface area (Å²) in [5.41, 5.74) is 0.977. The lowest BCUT2D eigenvalue weighted by Gasteiger charge is -2.17. The molecule has 0 aliphatic heterocycles. The van der Waals surface area contributed by atoms with Crippen LogP contribution in [-0.2, 0) is 0 Å². The fourth-order valence-corrected chi connectivity index (χ4v) is 2.20. The van der Waals surface area contributed by atoms with Gasteiger partial charge in [-0.1, -0.05) is 19.3 Å². The first kappa shape index (κ1) is 15.5. The van der Waals surface area contributed by atoms with E-state index in [1.165, 1.54) is 32.1 Å². The molecule has 0 heterocycles. The van der Waals surface area contributed by atoms with Crippen molar-refractivity contribution in [1.29, 1.82) is 0 Å². The number of phenols is 1. The number of hydrogen-bond donors (Lipinski definition) is 3. The van der Waals surface area contributed by atoms with E-state index in [0.29, 0.717) is 11.8 Å². The van der Waals surface area contributed by atoms with E-state index in [1.54, 1.807) is 13.2 Å². The number of aliphatic imine (C=N–C) groups is 1. The molecule has 0 aromatic heterocycles. The Labute approximate surface area is 113 Å². The van der Waals surface area contributed by atoms with Crippen molar-refractivity contribution in [2.45, 2.75) is 38.1 Å². The first-order valence-corrected chi connectivity index (χ1v) is 6.40. The molecule has 5 heteroatoms. The van der Waals surface area contributed by atoms with Crippen molar-refractivity contribution >= 4 is 6.21 Å². The molecular formula is C14H21NO4. The van der Waals surface area contributed by atoms with Gasteiger partial charge in [0, 0.05) is 12.3 Å². The number of hydrogen-bond acceptors (Lipinski definition) is 5. The molecule has 0 saturated heterocycles. The number of nitrogens with zero attached hydrogens (tertiary/aromatic N) is 1. The van der Waals surface area contributed by atoms with E-state index in [1.807, 2.05) is 18.3 Å². The van der Waals surface area contributed by atoms with Crippen LogP contribution >= 0.6 is 0 Å². The number of rotatable bonds is 3. The molecule has 1 fully saturated rings. The largest absolute Gasteiger partial charge is 0.504 e. The van der Waals surface area contributed by atoms with Crippen LogP contribution < -0.4 is 4.74 Å². The Morgan fingerprint density at radius 3 is 2.53 bits per heavy atom. The molecule has 1 aliphatic carbocycles. The van der Waals surface area contributed by atoms with Gasteiger partial charge in [0.25, 0.3) is 0 Å². The third-order valence-electron chi connectivity index (χ3n) is 3.21. The van der Waals surface area contributed by atoms with Crippen LogP contribution in [0.2, 0.25) is 0 Å². The lowest BCUT2D eigenvalue weighted by Crippen LogP contribution is -2.09. The SMILES string of the molecule is COc1cc(C=NC2CCCCC2)ccc1O.OO. The minimum atomic E-state index is 0.169. The first-order chi connectivity index (χ1) is 9.29. The Morgan fingerprint density at radius 2 is 1.89 bits per heavy atom. The summed E-state index contributed by atoms with van der Waals surface area (Å²) in [6.45, 7) is 0. The second-order valence-electron chi connectivity index (χ2n) is 4.50. The molecule has 0 bridgehead atoms. The van der Waals surface area contributed by atoms with Gasteiger partial charge in [0.1, 0.15) is 0 Å². The standard InChI is InChI=1S/C14H19NO2.H2O2/c1-17-14-9-11(7-8-13(14)16)10-15-12-5-3-2-4-6-12;1-2/h7-10,12,16H,2-6H2,1H3;1-2H. The molecule has 3 N–H and O–H groups in total. The smallest absolute Gasteiger partial charge is 0.161 e. The molecule has 1 saturated carbocycles. The molecule has 1 aromatic carbocycles. The molecule has 0 amide bonds. The highest BCUT2D eigenvalue weighted by Crippen LogP contribution is 2.26. The van der Waals surface area contributed by atoms with Crippen LogP contribution in [0.4, 0.5) is 0 Å². The lowest BCUT2D eigenvalue weighted by molar-refractivity contribution is -0.176. The Kier molecular flexibility index (Phi) is 6.92. The summed E-state index contributed by atoms with van der Waals surface area (Å²) in [7, 11) is 1.55. The fourth-order valence-electron chi connectivity index (χ4n) is 2.20. The molecule has 0 unspecified atom stereocenters. The van der Waals surface area contributed by atoms with Crippen LogP contribution in [0.1, 0.15) is 37.7 Å². The predicted molar refractivity (Wildman–Crippen MR) is 74.4 cm³/mol. The van der Waals surface area contributed by atoms with Crippen molar-refractivity contribution in [3.8, 4) is 11.5 Å². The van der Waals surface area contributed by atoms with Gasteiger partial charge in [-0.25, -0.2) is 0 Å². The summed E-state index contributed by atoms with van der Waals surface area (Å²) >= 11 is 0. The molecule has 5 nitrogen and oxygen atoms in total. The van der Waals surface area contributed by atoms with Crippen molar-refractivity contribution in [2.75, 3.05) is 7.11 Å². The number of benzene rings is 1. The van der Waals surface area contributed by atoms with Crippen molar-refractivity contribution in [3.63, 3.8) is 0 Å². The van der Waals surface area contributed by atoms with Crippen LogP contribution in [0.15, 0.2) is 23.2 Å². The van der Waals surface area contributed by atoms with Crippen LogP contribution in [-0.4, -0.2) is 35.0 Å². The molecule has 2 rings (SSSR count). The zero-order chi connectivity index (χ0) is 14.1. The minimum Gasteiger partial charge on any atom is -0.504 e. The van der Waals surface area contributed by atoms with Gasteiger partial charge < -0.3 is 9.84 Å². The maximum Gasteiger partial charge on any atom is 0.161 e. The maximum atomic E-state index is 9.48. The monoisotopic (exact) mass is 267 g/mol. The summed E-state index contributed by atoms with van der Waals surface area (Å²) in [5, 5.41) is 21.5. The molecular weight excluding hydrogens is 246 g/mol. The zero-order valence-corrected chi connectivity index (χ0v) is 11.1. The van der Waals surface area contributed by atoms with Crippen molar-refractivity contribution in [3.05, 3.63) is 23.8 Å². The van der Waals surface area contributed by atoms with E-state index in [2.05, 4.69) is 4.99 Å². The molecule has 0 radical (unpaired) electrons. The highest BCUT2D eigenvalue weighted by molar-refractivity contribution is 5.81. The topological polar surface area (TPSA) is 82.3 Å². The average Bonchev–Trinajstić information content (AvgIpc) is 2.49. The molecule has 0 spiro atoms. The number of phenolic OH excluding ortho intramolecular Hbond substituents is 1. The summed E-state index contributed by atoms with van der Waals surface area (Å²) < 4.78 is 5.07. The molecule has 1 aromatic rings. The van der Waals surface area contributed by atoms with Gasteiger partial charge in [-0.2, -0.15) is 0 Å². The maximum absolute atomic E-state index is 9.48. The second kappa shape index (κ2) is 8.50. The molecule has 19 heavy (non-hydrogen) atoms. The van der Waals surface area contributed by atoms with Gasteiger partial charge in [0.2, 0.25) is 0 Å². The predicted octanol–water partition coefficient (Wildman–Crippen LogP) is 3.17. The van der Waals surface area contributed by atoms with Gasteiger partial charge in [-0.15, -0.1) is 0 Å². The van der Waals surface area contributed by atoms with Crippen LogP contribution in [0.25, 0.3) is 0 Å². The van der Waals surface area contributed by atoms with Crippen LogP contribution in [0.3, 0.4) is 0 Å². The molecule has 1 aliphatic rings. The number of methoxy groups -OCH3 is 1. The number of ether oxygens (including phenoxy) is 1. The van der Waals surface area contributed by atoms with Gasteiger partial charge in [-0.3, -0.25) is 15.5 Å². The van der Waals surface area contributed by atoms with Crippen molar-refractivity contribution in [2.24, 2.45) is 4.99 Å². The zero-order valence-electron chi connectivity index (χ0n) is 11.1. The third kappa shape index (κ3) is 4.89. The highest BCUT2D eigenvalue weighted by Gasteiger charge is 2.10. The van der Waals surface area contributed by atoms with Crippen LogP contribution in [0.5, 0.6) is 11.5 Å². The normalized spacial score (nSPS) is 15.9. The van der Waals surface area contributed by atoms with Crippen LogP contribution in [0, 0.1) is 0 Å². The minimum absolute atomic E-state index is 0.169. The van der Waals surface area contributed by atoms with Gasteiger partial charge >= 0.3 is 0 Å². The van der Waals surface area contributed by atoms with Gasteiger partial charge in [-0.05, 0) is 36.6 Å². The number of aromatic hydroxyl groups is 1. The third-order valence-corrected chi connectivity index (χ3v) is 3.21. The Hall–Kier alpha value is -1.59. The van der Waals surface area contributed by atoms with E-state index in [9.17, 15) is 5.11 Å². The Morgan fingerprint density at radius 1 is 1.21 bits per heavy atom. The van der Waals surface area contributed by atoms with Crippen molar-refractivity contribution in [1.82, 2.24) is 0 Å². The average molecular weight is 267 g/mol. The fraction of sp³-hybridized carbons (Fsp3) is 0.500. The van der Waals surface area contributed by atoms with E-state index in [-0.39, 0.29) is 5.75 Å². The van der Waals surface area contributed by atoms with E-state index < -0.39 is 0 Å². The van der Waals surface area contributed by atoms with Gasteiger partial charge in [0.05, 0.1) is 7.11 Å². The summed E-state index contributed by atoms with van der Waals surface area (Å²) in [6, 6.07) is 5.77. The first-order valence-electron chi connectivity index (χ1n) is 6.40. The van der Waals surface area contributed by atoms with E-state index in [0.717, 1.165) is 5.56 Å². The summed E-state index contributed by atoms with van der Waals surface area (Å²) in [6.07, 6.45) is 8.22. The summed E-state index contributed by atoms with van der Waals surface area (Å²) in [4.78, 5) is 4.60. The molecule has 106 valence electrons. The van der Waals surface area contributed by atoms with E-state index in [4.69, 9.17) is 15.3 Å². The van der Waals surface area contributed by atoms with E-state index >= 15 is 0 Å². The Balaban J connectivity index is 0.000000861. The highest BCUT2D eigenvalue weighted by atomic mass is 17.0. The lowest BCUT2D eigenvalue weighted by atomic mass is 9.96. The summed E-state index contributed by atoms with van der Waals surface area (Å²) in [5.74, 6) is 0.667. The second-order valence-corrected chi connectivity index (χ2v) is 4.50. The quantitative estimate of drug-likeness (QED) is 0.446.